The maximum Gasteiger partial charge on any atom is 0.255 e. The summed E-state index contributed by atoms with van der Waals surface area (Å²) in [4.78, 5) is 23.0. The van der Waals surface area contributed by atoms with Gasteiger partial charge in [0.1, 0.15) is 6.54 Å². The van der Waals surface area contributed by atoms with Crippen molar-refractivity contribution in [3.63, 3.8) is 0 Å². The van der Waals surface area contributed by atoms with Crippen LogP contribution in [0, 0.1) is 0 Å². The van der Waals surface area contributed by atoms with Crippen LogP contribution in [-0.2, 0) is 17.8 Å². The summed E-state index contributed by atoms with van der Waals surface area (Å²) < 4.78 is 1.38. The number of anilines is 2. The second kappa shape index (κ2) is 5.28. The van der Waals surface area contributed by atoms with E-state index in [1.165, 1.54) is 16.4 Å². The molecule has 4 N–H and O–H groups in total. The number of aromatic nitrogens is 2. The van der Waals surface area contributed by atoms with Gasteiger partial charge in [-0.1, -0.05) is 6.07 Å². The van der Waals surface area contributed by atoms with Gasteiger partial charge in [0.05, 0.1) is 11.9 Å². The molecule has 0 saturated carbocycles. The van der Waals surface area contributed by atoms with Crippen LogP contribution in [0.1, 0.15) is 15.9 Å². The van der Waals surface area contributed by atoms with Crippen molar-refractivity contribution in [3.8, 4) is 0 Å². The van der Waals surface area contributed by atoms with E-state index in [-0.39, 0.29) is 12.5 Å². The van der Waals surface area contributed by atoms with Crippen molar-refractivity contribution >= 4 is 23.2 Å². The van der Waals surface area contributed by atoms with Crippen LogP contribution in [0.2, 0.25) is 0 Å². The average Bonchev–Trinajstić information content (AvgIpc) is 3.06. The number of hydrogen-bond acceptors (Lipinski definition) is 4. The number of benzene rings is 1. The molecule has 108 valence electrons. The van der Waals surface area contributed by atoms with Crippen molar-refractivity contribution in [1.29, 1.82) is 0 Å². The lowest BCUT2D eigenvalue weighted by Gasteiger charge is -2.05. The highest BCUT2D eigenvalue weighted by Crippen LogP contribution is 2.23. The number of carbonyl (C=O) groups is 2. The van der Waals surface area contributed by atoms with Crippen molar-refractivity contribution in [2.45, 2.75) is 13.0 Å². The van der Waals surface area contributed by atoms with Crippen molar-refractivity contribution in [2.24, 2.45) is 5.73 Å². The number of amides is 2. The third kappa shape index (κ3) is 2.86. The van der Waals surface area contributed by atoms with Gasteiger partial charge in [-0.3, -0.25) is 14.3 Å². The summed E-state index contributed by atoms with van der Waals surface area (Å²) in [6.45, 7) is 0.888. The van der Waals surface area contributed by atoms with Crippen molar-refractivity contribution in [2.75, 3.05) is 17.2 Å². The molecule has 0 radical (unpaired) electrons. The molecule has 2 aromatic rings. The molecule has 21 heavy (non-hydrogen) atoms. The second-order valence-corrected chi connectivity index (χ2v) is 4.90. The van der Waals surface area contributed by atoms with Crippen LogP contribution in [0.3, 0.4) is 0 Å². The number of nitrogens with one attached hydrogen (secondary N) is 2. The third-order valence-electron chi connectivity index (χ3n) is 3.29. The minimum atomic E-state index is -0.485. The largest absolute Gasteiger partial charge is 0.384 e. The van der Waals surface area contributed by atoms with E-state index < -0.39 is 5.91 Å². The van der Waals surface area contributed by atoms with Gasteiger partial charge >= 0.3 is 0 Å². The number of primary amides is 1. The fourth-order valence-corrected chi connectivity index (χ4v) is 2.31. The molecule has 1 aliphatic rings. The molecule has 1 aromatic heterocycles. The van der Waals surface area contributed by atoms with Crippen LogP contribution < -0.4 is 16.4 Å². The third-order valence-corrected chi connectivity index (χ3v) is 3.29. The summed E-state index contributed by atoms with van der Waals surface area (Å²) in [6.07, 6.45) is 4.03. The standard InChI is InChI=1S/C14H15N5O2/c15-13(20)8-19-7-11(6-17-19)18-14(21)10-2-1-9-3-4-16-12(9)5-10/h1-2,5-7,16H,3-4,8H2,(H2,15,20)(H,18,21). The highest BCUT2D eigenvalue weighted by atomic mass is 16.2. The Bertz CT molecular complexity index is 707. The molecule has 0 unspecified atom stereocenters. The number of nitrogens with two attached hydrogens (primary N) is 1. The molecular formula is C14H15N5O2. The zero-order chi connectivity index (χ0) is 14.8. The van der Waals surface area contributed by atoms with Gasteiger partial charge in [-0.15, -0.1) is 0 Å². The maximum absolute atomic E-state index is 12.2. The van der Waals surface area contributed by atoms with E-state index in [2.05, 4.69) is 15.7 Å². The van der Waals surface area contributed by atoms with Gasteiger partial charge in [-0.2, -0.15) is 5.10 Å². The SMILES string of the molecule is NC(=O)Cn1cc(NC(=O)c2ccc3c(c2)NCC3)cn1. The van der Waals surface area contributed by atoms with Crippen LogP contribution in [0.25, 0.3) is 0 Å². The van der Waals surface area contributed by atoms with E-state index in [0.29, 0.717) is 11.3 Å². The molecule has 1 aliphatic heterocycles. The van der Waals surface area contributed by atoms with Crippen molar-refractivity contribution in [3.05, 3.63) is 41.7 Å². The summed E-state index contributed by atoms with van der Waals surface area (Å²) in [5, 5.41) is 9.93. The zero-order valence-corrected chi connectivity index (χ0v) is 11.3. The fourth-order valence-electron chi connectivity index (χ4n) is 2.31. The normalized spacial score (nSPS) is 12.6. The lowest BCUT2D eigenvalue weighted by atomic mass is 10.1. The Morgan fingerprint density at radius 2 is 2.29 bits per heavy atom. The smallest absolute Gasteiger partial charge is 0.255 e. The molecular weight excluding hydrogens is 270 g/mol. The number of rotatable bonds is 4. The number of hydrogen-bond donors (Lipinski definition) is 3. The van der Waals surface area contributed by atoms with Crippen LogP contribution in [0.15, 0.2) is 30.6 Å². The van der Waals surface area contributed by atoms with Crippen LogP contribution >= 0.6 is 0 Å². The van der Waals surface area contributed by atoms with Gasteiger partial charge < -0.3 is 16.4 Å². The number of carbonyl (C=O) groups excluding carboxylic acids is 2. The van der Waals surface area contributed by atoms with E-state index in [4.69, 9.17) is 5.73 Å². The van der Waals surface area contributed by atoms with Gasteiger partial charge in [0.2, 0.25) is 5.91 Å². The first kappa shape index (κ1) is 13.2. The van der Waals surface area contributed by atoms with Crippen LogP contribution in [-0.4, -0.2) is 28.1 Å². The van der Waals surface area contributed by atoms with Gasteiger partial charge in [0, 0.05) is 24.0 Å². The molecule has 0 aliphatic carbocycles. The second-order valence-electron chi connectivity index (χ2n) is 4.90. The van der Waals surface area contributed by atoms with Crippen LogP contribution in [0.4, 0.5) is 11.4 Å². The minimum Gasteiger partial charge on any atom is -0.384 e. The Labute approximate surface area is 121 Å². The average molecular weight is 285 g/mol. The number of nitrogens with zero attached hydrogens (tertiary/aromatic N) is 2. The molecule has 0 fully saturated rings. The molecule has 0 spiro atoms. The summed E-state index contributed by atoms with van der Waals surface area (Å²) in [5.41, 5.74) is 8.41. The first-order chi connectivity index (χ1) is 10.1. The first-order valence-corrected chi connectivity index (χ1v) is 6.61. The summed E-state index contributed by atoms with van der Waals surface area (Å²) >= 11 is 0. The Kier molecular flexibility index (Phi) is 3.31. The molecule has 0 atom stereocenters. The predicted molar refractivity (Wildman–Crippen MR) is 78.0 cm³/mol. The highest BCUT2D eigenvalue weighted by molar-refractivity contribution is 6.04. The van der Waals surface area contributed by atoms with E-state index >= 15 is 0 Å². The fraction of sp³-hybridized carbons (Fsp3) is 0.214. The zero-order valence-electron chi connectivity index (χ0n) is 11.3. The quantitative estimate of drug-likeness (QED) is 0.765. The summed E-state index contributed by atoms with van der Waals surface area (Å²) in [7, 11) is 0. The topological polar surface area (TPSA) is 102 Å². The summed E-state index contributed by atoms with van der Waals surface area (Å²) in [6, 6.07) is 5.60. The first-order valence-electron chi connectivity index (χ1n) is 6.61. The Balaban J connectivity index is 1.71. The van der Waals surface area contributed by atoms with Crippen molar-refractivity contribution < 1.29 is 9.59 Å². The van der Waals surface area contributed by atoms with Gasteiger partial charge in [-0.25, -0.2) is 0 Å². The van der Waals surface area contributed by atoms with E-state index in [1.807, 2.05) is 12.1 Å². The maximum atomic E-state index is 12.2. The Morgan fingerprint density at radius 3 is 3.10 bits per heavy atom. The lowest BCUT2D eigenvalue weighted by molar-refractivity contribution is -0.118. The number of fused-ring (bicyclic) bond motifs is 1. The van der Waals surface area contributed by atoms with Gasteiger partial charge in [-0.05, 0) is 24.1 Å². The van der Waals surface area contributed by atoms with E-state index in [9.17, 15) is 9.59 Å². The molecule has 7 heteroatoms. The predicted octanol–water partition coefficient (Wildman–Crippen LogP) is 0.589. The van der Waals surface area contributed by atoms with Gasteiger partial charge in [0.25, 0.3) is 5.91 Å². The van der Waals surface area contributed by atoms with E-state index in [1.54, 1.807) is 12.3 Å². The summed E-state index contributed by atoms with van der Waals surface area (Å²) in [5.74, 6) is -0.703. The Morgan fingerprint density at radius 1 is 1.43 bits per heavy atom. The molecule has 3 rings (SSSR count). The molecule has 2 heterocycles. The molecule has 2 amide bonds. The highest BCUT2D eigenvalue weighted by Gasteiger charge is 2.14. The van der Waals surface area contributed by atoms with Crippen LogP contribution in [0.5, 0.6) is 0 Å². The molecule has 1 aromatic carbocycles. The molecule has 0 saturated heterocycles. The van der Waals surface area contributed by atoms with Gasteiger partial charge in [0.15, 0.2) is 0 Å². The molecule has 0 bridgehead atoms. The lowest BCUT2D eigenvalue weighted by Crippen LogP contribution is -2.18. The monoisotopic (exact) mass is 285 g/mol. The Hall–Kier alpha value is -2.83. The van der Waals surface area contributed by atoms with Crippen molar-refractivity contribution in [1.82, 2.24) is 9.78 Å². The van der Waals surface area contributed by atoms with E-state index in [0.717, 1.165) is 18.7 Å². The minimum absolute atomic E-state index is 0.0152. The molecule has 7 nitrogen and oxygen atoms in total.